The Morgan fingerprint density at radius 2 is 1.69 bits per heavy atom. The molecule has 10 rings (SSSR count). The number of rotatable bonds is 14. The Labute approximate surface area is 391 Å². The van der Waals surface area contributed by atoms with Crippen molar-refractivity contribution in [2.45, 2.75) is 112 Å². The largest absolute Gasteiger partial charge is 0.497 e. The first-order chi connectivity index (χ1) is 32.4. The summed E-state index contributed by atoms with van der Waals surface area (Å²) in [6.07, 6.45) is 1.40. The number of aromatic nitrogens is 1. The molecule has 4 aliphatic heterocycles. The van der Waals surface area contributed by atoms with Gasteiger partial charge in [0.1, 0.15) is 29.4 Å². The minimum absolute atomic E-state index is 0.0152. The summed E-state index contributed by atoms with van der Waals surface area (Å²) in [5.74, 6) is 3.55. The number of pyridine rings is 1. The monoisotopic (exact) mass is 933 g/mol. The van der Waals surface area contributed by atoms with E-state index in [2.05, 4.69) is 38.3 Å². The molecule has 1 spiro atoms. The van der Waals surface area contributed by atoms with Gasteiger partial charge in [-0.1, -0.05) is 24.3 Å². The van der Waals surface area contributed by atoms with Crippen LogP contribution >= 0.6 is 0 Å². The first kappa shape index (κ1) is 46.7. The minimum Gasteiger partial charge on any atom is -0.497 e. The summed E-state index contributed by atoms with van der Waals surface area (Å²) >= 11 is 0. The number of amides is 1. The third-order valence-electron chi connectivity index (χ3n) is 16.8. The Kier molecular flexibility index (Phi) is 13.5. The molecule has 7 aliphatic rings. The van der Waals surface area contributed by atoms with Crippen LogP contribution in [0.4, 0.5) is 13.2 Å². The van der Waals surface area contributed by atoms with Gasteiger partial charge in [0.05, 0.1) is 32.0 Å². The second-order valence-corrected chi connectivity index (χ2v) is 20.2. The minimum atomic E-state index is -4.63. The fraction of sp³-hybridized carbons (Fsp3) is 0.647. The van der Waals surface area contributed by atoms with E-state index < -0.39 is 36.3 Å². The van der Waals surface area contributed by atoms with Crippen LogP contribution < -0.4 is 19.5 Å². The number of methoxy groups -OCH3 is 1. The van der Waals surface area contributed by atoms with Gasteiger partial charge in [0, 0.05) is 69.9 Å². The summed E-state index contributed by atoms with van der Waals surface area (Å²) in [4.78, 5) is 23.1. The lowest BCUT2D eigenvalue weighted by atomic mass is 9.50. The number of hydrogen-bond donors (Lipinski definition) is 3. The van der Waals surface area contributed by atoms with E-state index in [1.165, 1.54) is 49.8 Å². The fourth-order valence-corrected chi connectivity index (χ4v) is 13.0. The molecule has 6 fully saturated rings. The number of aliphatic hydroxyl groups excluding tert-OH is 2. The number of carbonyl (C=O) groups excluding carboxylic acids is 1. The molecule has 0 radical (unpaired) electrons. The molecule has 4 saturated heterocycles. The van der Waals surface area contributed by atoms with E-state index in [1.807, 2.05) is 29.2 Å². The molecule has 0 bridgehead atoms. The van der Waals surface area contributed by atoms with Crippen molar-refractivity contribution in [3.8, 4) is 17.4 Å². The first-order valence-electron chi connectivity index (χ1n) is 24.6. The molecule has 3 aliphatic carbocycles. The average molecular weight is 934 g/mol. The number of carbonyl (C=O) groups is 1. The van der Waals surface area contributed by atoms with Crippen molar-refractivity contribution < 1.29 is 51.9 Å². The molecule has 5 heterocycles. The van der Waals surface area contributed by atoms with Crippen molar-refractivity contribution in [1.29, 1.82) is 0 Å². The van der Waals surface area contributed by atoms with Gasteiger partial charge >= 0.3 is 6.18 Å². The van der Waals surface area contributed by atoms with Crippen molar-refractivity contribution in [2.24, 2.45) is 17.3 Å². The van der Waals surface area contributed by atoms with Crippen molar-refractivity contribution in [2.75, 3.05) is 79.3 Å². The van der Waals surface area contributed by atoms with E-state index in [4.69, 9.17) is 23.7 Å². The molecular formula is C51H66F3N5O8. The second-order valence-electron chi connectivity index (χ2n) is 20.2. The van der Waals surface area contributed by atoms with Gasteiger partial charge in [-0.25, -0.2) is 4.98 Å². The highest BCUT2D eigenvalue weighted by Crippen LogP contribution is 2.70. The zero-order chi connectivity index (χ0) is 46.3. The molecule has 67 heavy (non-hydrogen) atoms. The Morgan fingerprint density at radius 1 is 0.910 bits per heavy atom. The Hall–Kier alpha value is -4.03. The smallest absolute Gasteiger partial charge is 0.433 e. The van der Waals surface area contributed by atoms with Crippen LogP contribution in [0.25, 0.3) is 0 Å². The summed E-state index contributed by atoms with van der Waals surface area (Å²) in [6, 6.07) is 18.4. The fourth-order valence-electron chi connectivity index (χ4n) is 13.0. The number of alkyl halides is 3. The average Bonchev–Trinajstić information content (AvgIpc) is 3.56. The van der Waals surface area contributed by atoms with E-state index in [9.17, 15) is 28.2 Å². The molecule has 3 aromatic rings. The molecule has 0 unspecified atom stereocenters. The Balaban J connectivity index is 0.604. The topological polar surface area (TPSA) is 138 Å². The van der Waals surface area contributed by atoms with Crippen LogP contribution in [0, 0.1) is 17.3 Å². The van der Waals surface area contributed by atoms with E-state index >= 15 is 0 Å². The number of aliphatic hydroxyl groups is 2. The molecule has 3 N–H and O–H groups in total. The van der Waals surface area contributed by atoms with E-state index in [1.54, 1.807) is 12.7 Å². The van der Waals surface area contributed by atoms with Gasteiger partial charge in [-0.2, -0.15) is 13.2 Å². The number of nitrogens with zero attached hydrogens (tertiary/aromatic N) is 4. The number of halogens is 3. The predicted octanol–water partition coefficient (Wildman–Crippen LogP) is 5.45. The number of aryl methyl sites for hydroxylation is 1. The van der Waals surface area contributed by atoms with Crippen molar-refractivity contribution >= 4 is 5.91 Å². The lowest BCUT2D eigenvalue weighted by molar-refractivity contribution is -0.283. The standard InChI is InChI=1S/C51H66F3N5O8/c1-63-37-10-12-38-34(27-37)7-11-40-39(38)13-17-49-32-66-50(49,18-14-41(40)49)19-20-55-35-15-21-59(22-16-35)46(60)31-64-36-8-5-33(6-9-36)28-57-23-25-58(26-24-57)29-42-47(61)48(62)43(30-65-42)67-45-4-2-3-44(56-45)51(52,53)54/h2-6,8-10,12,27,35,39-43,47-48,55,61-62H,7,11,13-26,28-32H2,1H3/t39-,40-,41+,42-,43+,47+,48-,49-,50-/m1/s1. The maximum absolute atomic E-state index is 13.2. The highest BCUT2D eigenvalue weighted by molar-refractivity contribution is 5.77. The van der Waals surface area contributed by atoms with Gasteiger partial charge < -0.3 is 44.1 Å². The van der Waals surface area contributed by atoms with E-state index in [0.29, 0.717) is 29.7 Å². The SMILES string of the molecule is COc1ccc2c(c1)CC[C@@H]1[C@@H]2CC[C@]23CO[C@@]2(CCNC2CCN(C(=O)COc4ccc(CN5CCN(C[C@H]6OC[C@H](Oc7cccc(C(F)(F)F)n7)[C@@H](O)[C@H]6O)CC5)cc4)CC2)CC[C@@H]13. The normalized spacial score (nSPS) is 32.3. The molecule has 13 nitrogen and oxygen atoms in total. The van der Waals surface area contributed by atoms with Gasteiger partial charge in [0.25, 0.3) is 5.91 Å². The molecular weight excluding hydrogens is 868 g/mol. The van der Waals surface area contributed by atoms with Crippen molar-refractivity contribution in [3.05, 3.63) is 83.0 Å². The lowest BCUT2D eigenvalue weighted by Gasteiger charge is -2.63. The molecule has 9 atom stereocenters. The van der Waals surface area contributed by atoms with Crippen LogP contribution in [-0.4, -0.2) is 151 Å². The van der Waals surface area contributed by atoms with Gasteiger partial charge in [-0.05, 0) is 129 Å². The number of nitrogens with one attached hydrogen (secondary N) is 1. The molecule has 364 valence electrons. The van der Waals surface area contributed by atoms with Crippen LogP contribution in [0.2, 0.25) is 0 Å². The van der Waals surface area contributed by atoms with Crippen LogP contribution in [0.5, 0.6) is 17.4 Å². The van der Waals surface area contributed by atoms with E-state index in [0.717, 1.165) is 114 Å². The Bertz CT molecular complexity index is 2190. The van der Waals surface area contributed by atoms with E-state index in [-0.39, 0.29) is 30.6 Å². The van der Waals surface area contributed by atoms with Gasteiger partial charge in [-0.15, -0.1) is 0 Å². The van der Waals surface area contributed by atoms with Gasteiger partial charge in [-0.3, -0.25) is 14.6 Å². The third kappa shape index (κ3) is 9.52. The number of piperidine rings is 1. The number of piperazine rings is 1. The molecule has 16 heteroatoms. The van der Waals surface area contributed by atoms with Crippen LogP contribution in [0.15, 0.2) is 60.7 Å². The molecule has 2 aromatic carbocycles. The lowest BCUT2D eigenvalue weighted by Crippen LogP contribution is -2.65. The summed E-state index contributed by atoms with van der Waals surface area (Å²) in [5.41, 5.74) is 3.46. The molecule has 2 saturated carbocycles. The Morgan fingerprint density at radius 3 is 2.43 bits per heavy atom. The van der Waals surface area contributed by atoms with Gasteiger partial charge in [0.15, 0.2) is 12.7 Å². The second kappa shape index (κ2) is 19.4. The number of likely N-dealkylation sites (tertiary alicyclic amines) is 1. The van der Waals surface area contributed by atoms with Crippen molar-refractivity contribution in [3.63, 3.8) is 0 Å². The highest BCUT2D eigenvalue weighted by Gasteiger charge is 2.70. The summed E-state index contributed by atoms with van der Waals surface area (Å²) in [7, 11) is 1.76. The number of hydrogen-bond acceptors (Lipinski definition) is 12. The van der Waals surface area contributed by atoms with Gasteiger partial charge in [0.2, 0.25) is 5.88 Å². The zero-order valence-corrected chi connectivity index (χ0v) is 38.5. The number of ether oxygens (including phenoxy) is 5. The van der Waals surface area contributed by atoms with Crippen molar-refractivity contribution in [1.82, 2.24) is 25.0 Å². The molecule has 1 aromatic heterocycles. The third-order valence-corrected chi connectivity index (χ3v) is 16.8. The highest BCUT2D eigenvalue weighted by atomic mass is 19.4. The zero-order valence-electron chi connectivity index (χ0n) is 38.5. The maximum atomic E-state index is 13.2. The van der Waals surface area contributed by atoms with Crippen LogP contribution in [0.1, 0.15) is 79.7 Å². The number of benzene rings is 2. The summed E-state index contributed by atoms with van der Waals surface area (Å²) < 4.78 is 68.7. The summed E-state index contributed by atoms with van der Waals surface area (Å²) in [6.45, 7) is 7.47. The van der Waals surface area contributed by atoms with Crippen LogP contribution in [-0.2, 0) is 33.4 Å². The number of fused-ring (bicyclic) bond motifs is 4. The predicted molar refractivity (Wildman–Crippen MR) is 242 cm³/mol. The maximum Gasteiger partial charge on any atom is 0.433 e. The van der Waals surface area contributed by atoms with Crippen LogP contribution in [0.3, 0.4) is 0 Å². The summed E-state index contributed by atoms with van der Waals surface area (Å²) in [5, 5.41) is 25.4. The quantitative estimate of drug-likeness (QED) is 0.190. The first-order valence-corrected chi connectivity index (χ1v) is 24.6. The molecule has 1 amide bonds.